The molecule has 166 valence electrons. The van der Waals surface area contributed by atoms with Crippen molar-refractivity contribution in [2.24, 2.45) is 0 Å². The van der Waals surface area contributed by atoms with Crippen LogP contribution in [-0.2, 0) is 11.2 Å². The Hall–Kier alpha value is -2.99. The fourth-order valence-corrected chi connectivity index (χ4v) is 5.13. The lowest BCUT2D eigenvalue weighted by Crippen LogP contribution is -2.49. The molecule has 0 fully saturated rings. The lowest BCUT2D eigenvalue weighted by Gasteiger charge is -2.38. The van der Waals surface area contributed by atoms with Crippen molar-refractivity contribution in [3.8, 4) is 0 Å². The van der Waals surface area contributed by atoms with Gasteiger partial charge in [0.1, 0.15) is 12.4 Å². The fourth-order valence-electron chi connectivity index (χ4n) is 4.22. The number of benzene rings is 2. The van der Waals surface area contributed by atoms with E-state index in [0.29, 0.717) is 12.1 Å². The summed E-state index contributed by atoms with van der Waals surface area (Å²) in [5.74, 6) is -0.720. The lowest BCUT2D eigenvalue weighted by molar-refractivity contribution is -0.134. The topological polar surface area (TPSA) is 40.6 Å². The average Bonchev–Trinajstić information content (AvgIpc) is 3.31. The summed E-state index contributed by atoms with van der Waals surface area (Å²) in [6.45, 7) is 4.54. The highest BCUT2D eigenvalue weighted by molar-refractivity contribution is 7.10. The van der Waals surface area contributed by atoms with Crippen molar-refractivity contribution in [3.63, 3.8) is 0 Å². The molecule has 0 radical (unpaired) electrons. The van der Waals surface area contributed by atoms with Crippen molar-refractivity contribution >= 4 is 23.2 Å². The van der Waals surface area contributed by atoms with Gasteiger partial charge in [-0.3, -0.25) is 9.59 Å². The normalized spacial score (nSPS) is 16.3. The van der Waals surface area contributed by atoms with Gasteiger partial charge in [0.15, 0.2) is 0 Å². The Morgan fingerprint density at radius 1 is 1.12 bits per heavy atom. The number of halogens is 1. The molecule has 2 unspecified atom stereocenters. The van der Waals surface area contributed by atoms with E-state index in [1.165, 1.54) is 34.7 Å². The van der Waals surface area contributed by atoms with Crippen LogP contribution in [0.15, 0.2) is 66.0 Å². The number of nitrogens with zero attached hydrogens (tertiary/aromatic N) is 2. The zero-order valence-corrected chi connectivity index (χ0v) is 19.1. The summed E-state index contributed by atoms with van der Waals surface area (Å²) in [5, 5.41) is 2.08. The standard InChI is InChI=1S/C26H27FN2O2S/c1-3-18(2)29(26(31)20-9-11-21(27)12-10-20)17-24(30)28-15-13-23-22(14-16-32-23)25(28)19-7-5-4-6-8-19/h4-12,14,16,18,25H,3,13,15,17H2,1-2H3. The second-order valence-corrected chi connectivity index (χ2v) is 9.15. The molecule has 32 heavy (non-hydrogen) atoms. The van der Waals surface area contributed by atoms with Crippen molar-refractivity contribution in [2.75, 3.05) is 13.1 Å². The highest BCUT2D eigenvalue weighted by Crippen LogP contribution is 2.37. The zero-order valence-electron chi connectivity index (χ0n) is 18.3. The smallest absolute Gasteiger partial charge is 0.254 e. The summed E-state index contributed by atoms with van der Waals surface area (Å²) in [5.41, 5.74) is 2.62. The highest BCUT2D eigenvalue weighted by Gasteiger charge is 2.34. The molecule has 0 saturated carbocycles. The van der Waals surface area contributed by atoms with Crippen LogP contribution in [0, 0.1) is 5.82 Å². The Kier molecular flexibility index (Phi) is 6.70. The minimum absolute atomic E-state index is 0.00593. The number of carbonyl (C=O) groups is 2. The Balaban J connectivity index is 1.62. The van der Waals surface area contributed by atoms with E-state index in [4.69, 9.17) is 0 Å². The first-order chi connectivity index (χ1) is 15.5. The van der Waals surface area contributed by atoms with Crippen LogP contribution in [0.2, 0.25) is 0 Å². The molecule has 0 spiro atoms. The number of fused-ring (bicyclic) bond motifs is 1. The second kappa shape index (κ2) is 9.65. The van der Waals surface area contributed by atoms with Gasteiger partial charge >= 0.3 is 0 Å². The van der Waals surface area contributed by atoms with E-state index < -0.39 is 5.82 Å². The van der Waals surface area contributed by atoms with Gasteiger partial charge in [-0.1, -0.05) is 37.3 Å². The van der Waals surface area contributed by atoms with Gasteiger partial charge in [0, 0.05) is 23.0 Å². The van der Waals surface area contributed by atoms with E-state index >= 15 is 0 Å². The first kappa shape index (κ1) is 22.2. The third-order valence-corrected chi connectivity index (χ3v) is 7.18. The molecular weight excluding hydrogens is 423 g/mol. The molecule has 1 aliphatic heterocycles. The third kappa shape index (κ3) is 4.46. The van der Waals surface area contributed by atoms with Crippen LogP contribution in [-0.4, -0.2) is 40.7 Å². The molecule has 0 aliphatic carbocycles. The van der Waals surface area contributed by atoms with Gasteiger partial charge < -0.3 is 9.80 Å². The van der Waals surface area contributed by atoms with E-state index in [0.717, 1.165) is 18.4 Å². The minimum atomic E-state index is -0.390. The predicted molar refractivity (Wildman–Crippen MR) is 125 cm³/mol. The summed E-state index contributed by atoms with van der Waals surface area (Å²) in [7, 11) is 0. The van der Waals surface area contributed by atoms with Crippen LogP contribution < -0.4 is 0 Å². The SMILES string of the molecule is CCC(C)N(CC(=O)N1CCc2sccc2C1c1ccccc1)C(=O)c1ccc(F)cc1. The maximum absolute atomic E-state index is 13.6. The molecule has 2 aromatic carbocycles. The minimum Gasteiger partial charge on any atom is -0.330 e. The molecule has 1 aliphatic rings. The fraction of sp³-hybridized carbons (Fsp3) is 0.308. The van der Waals surface area contributed by atoms with Gasteiger partial charge in [0.25, 0.3) is 5.91 Å². The average molecular weight is 451 g/mol. The first-order valence-corrected chi connectivity index (χ1v) is 11.8. The molecule has 0 N–H and O–H groups in total. The van der Waals surface area contributed by atoms with Crippen LogP contribution >= 0.6 is 11.3 Å². The van der Waals surface area contributed by atoms with E-state index in [1.54, 1.807) is 16.2 Å². The summed E-state index contributed by atoms with van der Waals surface area (Å²) in [6, 6.07) is 17.4. The molecule has 4 nitrogen and oxygen atoms in total. The Morgan fingerprint density at radius 2 is 1.84 bits per heavy atom. The van der Waals surface area contributed by atoms with Crippen molar-refractivity contribution in [1.82, 2.24) is 9.80 Å². The lowest BCUT2D eigenvalue weighted by atomic mass is 9.93. The van der Waals surface area contributed by atoms with Gasteiger partial charge in [-0.2, -0.15) is 0 Å². The van der Waals surface area contributed by atoms with Gasteiger partial charge in [0.05, 0.1) is 6.04 Å². The summed E-state index contributed by atoms with van der Waals surface area (Å²) in [6.07, 6.45) is 1.54. The second-order valence-electron chi connectivity index (χ2n) is 8.15. The van der Waals surface area contributed by atoms with Gasteiger partial charge in [-0.05, 0) is 66.6 Å². The van der Waals surface area contributed by atoms with Crippen LogP contribution in [0.4, 0.5) is 4.39 Å². The maximum Gasteiger partial charge on any atom is 0.254 e. The zero-order chi connectivity index (χ0) is 22.7. The van der Waals surface area contributed by atoms with Crippen LogP contribution in [0.25, 0.3) is 0 Å². The van der Waals surface area contributed by atoms with Crippen LogP contribution in [0.5, 0.6) is 0 Å². The molecule has 0 saturated heterocycles. The van der Waals surface area contributed by atoms with Gasteiger partial charge in [-0.15, -0.1) is 11.3 Å². The number of hydrogen-bond acceptors (Lipinski definition) is 3. The van der Waals surface area contributed by atoms with Crippen molar-refractivity contribution in [3.05, 3.63) is 93.4 Å². The number of amides is 2. The van der Waals surface area contributed by atoms with E-state index in [1.807, 2.05) is 49.1 Å². The quantitative estimate of drug-likeness (QED) is 0.511. The van der Waals surface area contributed by atoms with Gasteiger partial charge in [-0.25, -0.2) is 4.39 Å². The molecule has 2 atom stereocenters. The Morgan fingerprint density at radius 3 is 2.53 bits per heavy atom. The summed E-state index contributed by atoms with van der Waals surface area (Å²) >= 11 is 1.73. The highest BCUT2D eigenvalue weighted by atomic mass is 32.1. The Bertz CT molecular complexity index is 1080. The number of hydrogen-bond donors (Lipinski definition) is 0. The van der Waals surface area contributed by atoms with Crippen LogP contribution in [0.3, 0.4) is 0 Å². The largest absolute Gasteiger partial charge is 0.330 e. The molecule has 6 heteroatoms. The predicted octanol–water partition coefficient (Wildman–Crippen LogP) is 5.30. The van der Waals surface area contributed by atoms with E-state index in [2.05, 4.69) is 11.4 Å². The molecule has 3 aromatic rings. The van der Waals surface area contributed by atoms with Crippen molar-refractivity contribution < 1.29 is 14.0 Å². The maximum atomic E-state index is 13.6. The Labute approximate surface area is 192 Å². The molecule has 0 bridgehead atoms. The number of rotatable bonds is 6. The number of carbonyl (C=O) groups excluding carboxylic acids is 2. The van der Waals surface area contributed by atoms with Crippen LogP contribution in [0.1, 0.15) is 52.7 Å². The summed E-state index contributed by atoms with van der Waals surface area (Å²) < 4.78 is 13.3. The molecular formula is C26H27FN2O2S. The number of thiophene rings is 1. The third-order valence-electron chi connectivity index (χ3n) is 6.18. The van der Waals surface area contributed by atoms with Gasteiger partial charge in [0.2, 0.25) is 5.91 Å². The van der Waals surface area contributed by atoms with Crippen molar-refractivity contribution in [2.45, 2.75) is 38.8 Å². The molecule has 4 rings (SSSR count). The van der Waals surface area contributed by atoms with E-state index in [9.17, 15) is 14.0 Å². The first-order valence-electron chi connectivity index (χ1n) is 11.0. The molecule has 2 heterocycles. The monoisotopic (exact) mass is 450 g/mol. The van der Waals surface area contributed by atoms with E-state index in [-0.39, 0.29) is 30.4 Å². The summed E-state index contributed by atoms with van der Waals surface area (Å²) in [4.78, 5) is 31.6. The van der Waals surface area contributed by atoms with Crippen molar-refractivity contribution in [1.29, 1.82) is 0 Å². The molecule has 2 amide bonds. The molecule has 1 aromatic heterocycles.